The lowest BCUT2D eigenvalue weighted by Gasteiger charge is -2.19. The van der Waals surface area contributed by atoms with Crippen LogP contribution in [0.25, 0.3) is 0 Å². The van der Waals surface area contributed by atoms with Crippen LogP contribution >= 0.6 is 11.3 Å². The van der Waals surface area contributed by atoms with E-state index in [1.54, 1.807) is 24.9 Å². The molecule has 3 aromatic rings. The molecule has 0 unspecified atom stereocenters. The van der Waals surface area contributed by atoms with Crippen molar-refractivity contribution in [3.05, 3.63) is 70.2 Å². The number of aromatic nitrogens is 3. The van der Waals surface area contributed by atoms with Crippen LogP contribution < -0.4 is 4.90 Å². The molecule has 0 aliphatic carbocycles. The monoisotopic (exact) mass is 410 g/mol. The molecule has 2 heterocycles. The Hall–Kier alpha value is -3.13. The number of aryl methyl sites for hydroxylation is 2. The summed E-state index contributed by atoms with van der Waals surface area (Å²) in [5.74, 6) is -0.796. The molecule has 0 spiro atoms. The van der Waals surface area contributed by atoms with Gasteiger partial charge in [0.1, 0.15) is 5.69 Å². The molecule has 150 valence electrons. The Balaban J connectivity index is 1.91. The fraction of sp³-hybridized carbons (Fsp3) is 0.286. The van der Waals surface area contributed by atoms with Crippen molar-refractivity contribution in [2.75, 3.05) is 18.1 Å². The van der Waals surface area contributed by atoms with Crippen LogP contribution in [0.3, 0.4) is 0 Å². The van der Waals surface area contributed by atoms with E-state index in [9.17, 15) is 9.59 Å². The van der Waals surface area contributed by atoms with Crippen LogP contribution in [0, 0.1) is 13.8 Å². The molecular formula is C21H22N4O3S. The molecule has 0 saturated heterocycles. The third-order valence-electron chi connectivity index (χ3n) is 4.20. The van der Waals surface area contributed by atoms with Gasteiger partial charge in [0.25, 0.3) is 5.91 Å². The van der Waals surface area contributed by atoms with Crippen molar-refractivity contribution in [3.8, 4) is 0 Å². The van der Waals surface area contributed by atoms with Gasteiger partial charge in [-0.15, -0.1) is 11.3 Å². The number of carbonyl (C=O) groups excluding carboxylic acids is 2. The van der Waals surface area contributed by atoms with Crippen molar-refractivity contribution >= 4 is 28.3 Å². The molecule has 1 amide bonds. The number of carbonyl (C=O) groups is 2. The summed E-state index contributed by atoms with van der Waals surface area (Å²) in [6.07, 6.45) is 3.65. The van der Waals surface area contributed by atoms with Crippen LogP contribution in [-0.4, -0.2) is 40.0 Å². The van der Waals surface area contributed by atoms with Gasteiger partial charge >= 0.3 is 5.97 Å². The maximum Gasteiger partial charge on any atom is 0.358 e. The molecule has 7 nitrogen and oxygen atoms in total. The molecule has 0 saturated carbocycles. The summed E-state index contributed by atoms with van der Waals surface area (Å²) in [7, 11) is 0. The van der Waals surface area contributed by atoms with Gasteiger partial charge < -0.3 is 4.74 Å². The van der Waals surface area contributed by atoms with Gasteiger partial charge in [0, 0.05) is 17.6 Å². The Labute approximate surface area is 173 Å². The second-order valence-electron chi connectivity index (χ2n) is 6.36. The predicted molar refractivity (Wildman–Crippen MR) is 111 cm³/mol. The summed E-state index contributed by atoms with van der Waals surface area (Å²) in [4.78, 5) is 40.4. The van der Waals surface area contributed by atoms with Crippen LogP contribution in [0.5, 0.6) is 0 Å². The zero-order valence-corrected chi connectivity index (χ0v) is 17.4. The van der Waals surface area contributed by atoms with E-state index in [0.717, 1.165) is 11.3 Å². The number of rotatable bonds is 7. The Morgan fingerprint density at radius 1 is 1.10 bits per heavy atom. The third-order valence-corrected chi connectivity index (χ3v) is 5.19. The first kappa shape index (κ1) is 20.6. The van der Waals surface area contributed by atoms with Gasteiger partial charge in [0.15, 0.2) is 10.8 Å². The zero-order chi connectivity index (χ0) is 20.8. The van der Waals surface area contributed by atoms with E-state index in [0.29, 0.717) is 23.0 Å². The van der Waals surface area contributed by atoms with E-state index in [1.807, 2.05) is 37.3 Å². The van der Waals surface area contributed by atoms with E-state index in [-0.39, 0.29) is 23.9 Å². The Morgan fingerprint density at radius 3 is 2.52 bits per heavy atom. The number of nitrogens with zero attached hydrogens (tertiary/aromatic N) is 4. The second-order valence-corrected chi connectivity index (χ2v) is 7.54. The highest BCUT2D eigenvalue weighted by Gasteiger charge is 2.25. The molecule has 8 heteroatoms. The average Bonchev–Trinajstić information content (AvgIpc) is 3.11. The fourth-order valence-corrected chi connectivity index (χ4v) is 3.62. The summed E-state index contributed by atoms with van der Waals surface area (Å²) >= 11 is 1.28. The summed E-state index contributed by atoms with van der Waals surface area (Å²) in [5.41, 5.74) is 2.29. The number of ether oxygens (including phenoxy) is 1. The Morgan fingerprint density at radius 2 is 1.86 bits per heavy atom. The zero-order valence-electron chi connectivity index (χ0n) is 16.6. The number of thiazole rings is 1. The summed E-state index contributed by atoms with van der Waals surface area (Å²) < 4.78 is 5.07. The predicted octanol–water partition coefficient (Wildman–Crippen LogP) is 3.62. The van der Waals surface area contributed by atoms with Gasteiger partial charge in [0.05, 0.1) is 18.5 Å². The molecule has 0 aliphatic heterocycles. The normalized spacial score (nSPS) is 10.6. The van der Waals surface area contributed by atoms with E-state index < -0.39 is 5.97 Å². The van der Waals surface area contributed by atoms with Crippen LogP contribution in [0.4, 0.5) is 5.13 Å². The molecule has 0 N–H and O–H groups in total. The molecule has 0 radical (unpaired) electrons. The number of amides is 1. The standard InChI is InChI=1S/C21H22N4O3S/c1-4-28-20(27)18-15(3)29-21(24-18)25(11-10-16-8-6-5-7-9-16)19(26)17-13-22-14(2)12-23-17/h5-9,12-13H,4,10-11H2,1-3H3. The smallest absolute Gasteiger partial charge is 0.358 e. The first-order chi connectivity index (χ1) is 14.0. The SMILES string of the molecule is CCOC(=O)c1nc(N(CCc2ccccc2)C(=O)c2cnc(C)cn2)sc1C. The first-order valence-electron chi connectivity index (χ1n) is 9.28. The van der Waals surface area contributed by atoms with E-state index in [4.69, 9.17) is 4.74 Å². The summed E-state index contributed by atoms with van der Waals surface area (Å²) in [6.45, 7) is 6.00. The molecule has 1 aromatic carbocycles. The highest BCUT2D eigenvalue weighted by molar-refractivity contribution is 7.16. The van der Waals surface area contributed by atoms with Crippen molar-refractivity contribution < 1.29 is 14.3 Å². The van der Waals surface area contributed by atoms with Crippen molar-refractivity contribution in [2.45, 2.75) is 27.2 Å². The average molecular weight is 410 g/mol. The minimum atomic E-state index is -0.488. The van der Waals surface area contributed by atoms with Gasteiger partial charge in [0.2, 0.25) is 0 Å². The van der Waals surface area contributed by atoms with Crippen LogP contribution in [0.1, 0.15) is 44.0 Å². The number of anilines is 1. The number of benzene rings is 1. The largest absolute Gasteiger partial charge is 0.461 e. The Kier molecular flexibility index (Phi) is 6.66. The molecule has 29 heavy (non-hydrogen) atoms. The topological polar surface area (TPSA) is 85.3 Å². The highest BCUT2D eigenvalue weighted by Crippen LogP contribution is 2.27. The molecule has 3 rings (SSSR count). The van der Waals surface area contributed by atoms with E-state index in [1.165, 1.54) is 17.5 Å². The number of hydrogen-bond acceptors (Lipinski definition) is 7. The quantitative estimate of drug-likeness (QED) is 0.553. The third kappa shape index (κ3) is 5.03. The lowest BCUT2D eigenvalue weighted by molar-refractivity contribution is 0.0519. The van der Waals surface area contributed by atoms with Crippen LogP contribution in [-0.2, 0) is 11.2 Å². The van der Waals surface area contributed by atoms with E-state index in [2.05, 4.69) is 15.0 Å². The van der Waals surface area contributed by atoms with Crippen molar-refractivity contribution in [1.29, 1.82) is 0 Å². The number of esters is 1. The highest BCUT2D eigenvalue weighted by atomic mass is 32.1. The maximum atomic E-state index is 13.2. The fourth-order valence-electron chi connectivity index (χ4n) is 2.70. The van der Waals surface area contributed by atoms with Gasteiger partial charge in [-0.25, -0.2) is 14.8 Å². The lowest BCUT2D eigenvalue weighted by Crippen LogP contribution is -2.33. The molecule has 2 aromatic heterocycles. The molecule has 0 bridgehead atoms. The second kappa shape index (κ2) is 9.38. The molecule has 0 fully saturated rings. The van der Waals surface area contributed by atoms with Crippen molar-refractivity contribution in [2.24, 2.45) is 0 Å². The minimum Gasteiger partial charge on any atom is -0.461 e. The Bertz CT molecular complexity index is 987. The summed E-state index contributed by atoms with van der Waals surface area (Å²) in [5, 5.41) is 0.439. The first-order valence-corrected chi connectivity index (χ1v) is 10.1. The van der Waals surface area contributed by atoms with Gasteiger partial charge in [-0.2, -0.15) is 0 Å². The van der Waals surface area contributed by atoms with Crippen LogP contribution in [0.15, 0.2) is 42.7 Å². The summed E-state index contributed by atoms with van der Waals surface area (Å²) in [6, 6.07) is 9.87. The van der Waals surface area contributed by atoms with Crippen molar-refractivity contribution in [1.82, 2.24) is 15.0 Å². The van der Waals surface area contributed by atoms with Gasteiger partial charge in [-0.1, -0.05) is 30.3 Å². The van der Waals surface area contributed by atoms with Gasteiger partial charge in [-0.05, 0) is 32.8 Å². The lowest BCUT2D eigenvalue weighted by atomic mass is 10.1. The number of hydrogen-bond donors (Lipinski definition) is 0. The molecule has 0 aliphatic rings. The minimum absolute atomic E-state index is 0.231. The maximum absolute atomic E-state index is 13.2. The molecule has 0 atom stereocenters. The molecular weight excluding hydrogens is 388 g/mol. The van der Waals surface area contributed by atoms with E-state index >= 15 is 0 Å². The van der Waals surface area contributed by atoms with Gasteiger partial charge in [-0.3, -0.25) is 14.7 Å². The van der Waals surface area contributed by atoms with Crippen LogP contribution in [0.2, 0.25) is 0 Å². The van der Waals surface area contributed by atoms with Crippen molar-refractivity contribution in [3.63, 3.8) is 0 Å².